The molecule has 0 radical (unpaired) electrons. The van der Waals surface area contributed by atoms with Crippen molar-refractivity contribution < 1.29 is 23.1 Å². The van der Waals surface area contributed by atoms with Crippen LogP contribution in [0.2, 0.25) is 0 Å². The van der Waals surface area contributed by atoms with Crippen LogP contribution in [0.3, 0.4) is 0 Å². The van der Waals surface area contributed by atoms with Gasteiger partial charge in [0, 0.05) is 18.4 Å². The first kappa shape index (κ1) is 21.8. The number of amides is 2. The normalized spacial score (nSPS) is 10.6. The molecule has 168 valence electrons. The molecule has 0 aliphatic rings. The number of para-hydroxylation sites is 1. The maximum atomic E-state index is 13.0. The van der Waals surface area contributed by atoms with Crippen molar-refractivity contribution in [3.63, 3.8) is 0 Å². The highest BCUT2D eigenvalue weighted by molar-refractivity contribution is 6.10. The third-order valence-electron chi connectivity index (χ3n) is 4.66. The second-order valence-corrected chi connectivity index (χ2v) is 7.03. The number of ether oxygens (including phenoxy) is 1. The van der Waals surface area contributed by atoms with Gasteiger partial charge in [0.25, 0.3) is 11.8 Å². The van der Waals surface area contributed by atoms with Crippen LogP contribution in [0.4, 0.5) is 15.8 Å². The number of benzene rings is 2. The Morgan fingerprint density at radius 2 is 1.76 bits per heavy atom. The van der Waals surface area contributed by atoms with E-state index in [-0.39, 0.29) is 29.6 Å². The Hall–Kier alpha value is -4.40. The van der Waals surface area contributed by atoms with Crippen molar-refractivity contribution in [2.75, 3.05) is 10.6 Å². The molecule has 0 fully saturated rings. The molecule has 33 heavy (non-hydrogen) atoms. The lowest BCUT2D eigenvalue weighted by Gasteiger charge is -2.06. The first-order valence-electron chi connectivity index (χ1n) is 10.2. The minimum absolute atomic E-state index is 0.0476. The van der Waals surface area contributed by atoms with Gasteiger partial charge in [0.05, 0.1) is 5.69 Å². The molecule has 2 N–H and O–H groups in total. The minimum atomic E-state index is -0.535. The van der Waals surface area contributed by atoms with Gasteiger partial charge in [0.15, 0.2) is 11.5 Å². The van der Waals surface area contributed by atoms with Gasteiger partial charge in [-0.2, -0.15) is 5.10 Å². The van der Waals surface area contributed by atoms with Crippen molar-refractivity contribution in [3.05, 3.63) is 96.0 Å². The smallest absolute Gasteiger partial charge is 0.291 e. The van der Waals surface area contributed by atoms with E-state index in [1.54, 1.807) is 41.2 Å². The van der Waals surface area contributed by atoms with Crippen LogP contribution in [0.5, 0.6) is 5.75 Å². The summed E-state index contributed by atoms with van der Waals surface area (Å²) < 4.78 is 25.6. The Balaban J connectivity index is 1.43. The van der Waals surface area contributed by atoms with Gasteiger partial charge in [-0.3, -0.25) is 14.3 Å². The highest BCUT2D eigenvalue weighted by Gasteiger charge is 2.21. The molecular weight excluding hydrogens is 427 g/mol. The fourth-order valence-corrected chi connectivity index (χ4v) is 3.00. The number of anilines is 2. The van der Waals surface area contributed by atoms with Gasteiger partial charge in [-0.05, 0) is 55.5 Å². The van der Waals surface area contributed by atoms with E-state index in [4.69, 9.17) is 9.15 Å². The molecule has 0 atom stereocenters. The number of aromatic nitrogens is 2. The van der Waals surface area contributed by atoms with E-state index in [2.05, 4.69) is 15.7 Å². The maximum Gasteiger partial charge on any atom is 0.291 e. The molecule has 0 saturated carbocycles. The number of nitrogens with zero attached hydrogens (tertiary/aromatic N) is 2. The SMILES string of the molecule is CCn1cc(NC(=O)c2ccc(COc3ccc(F)cc3)o2)c(C(=O)Nc2ccccc2)n1. The first-order chi connectivity index (χ1) is 16.0. The lowest BCUT2D eigenvalue weighted by atomic mass is 10.3. The minimum Gasteiger partial charge on any atom is -0.486 e. The van der Waals surface area contributed by atoms with Crippen molar-refractivity contribution in [3.8, 4) is 5.75 Å². The van der Waals surface area contributed by atoms with Crippen molar-refractivity contribution in [1.29, 1.82) is 0 Å². The second kappa shape index (κ2) is 9.82. The highest BCUT2D eigenvalue weighted by Crippen LogP contribution is 2.19. The van der Waals surface area contributed by atoms with Gasteiger partial charge in [0.2, 0.25) is 0 Å². The molecule has 2 heterocycles. The Labute approximate surface area is 189 Å². The fourth-order valence-electron chi connectivity index (χ4n) is 3.00. The summed E-state index contributed by atoms with van der Waals surface area (Å²) in [7, 11) is 0. The fraction of sp³-hybridized carbons (Fsp3) is 0.125. The number of aryl methyl sites for hydroxylation is 1. The molecule has 0 aliphatic heterocycles. The summed E-state index contributed by atoms with van der Waals surface area (Å²) in [5, 5.41) is 9.70. The molecule has 8 nitrogen and oxygen atoms in total. The summed E-state index contributed by atoms with van der Waals surface area (Å²) in [6.45, 7) is 2.46. The zero-order valence-electron chi connectivity index (χ0n) is 17.7. The van der Waals surface area contributed by atoms with Crippen molar-refractivity contribution in [2.45, 2.75) is 20.1 Å². The molecule has 2 amide bonds. The van der Waals surface area contributed by atoms with Gasteiger partial charge in [0.1, 0.15) is 23.9 Å². The van der Waals surface area contributed by atoms with Crippen LogP contribution < -0.4 is 15.4 Å². The van der Waals surface area contributed by atoms with Crippen molar-refractivity contribution in [1.82, 2.24) is 9.78 Å². The van der Waals surface area contributed by atoms with E-state index in [1.807, 2.05) is 13.0 Å². The summed E-state index contributed by atoms with van der Waals surface area (Å²) in [4.78, 5) is 25.4. The van der Waals surface area contributed by atoms with E-state index in [0.29, 0.717) is 23.7 Å². The molecular formula is C24H21FN4O4. The van der Waals surface area contributed by atoms with Crippen LogP contribution in [0, 0.1) is 5.82 Å². The lowest BCUT2D eigenvalue weighted by Crippen LogP contribution is -2.17. The number of rotatable bonds is 8. The van der Waals surface area contributed by atoms with Gasteiger partial charge < -0.3 is 19.8 Å². The third kappa shape index (κ3) is 5.45. The largest absolute Gasteiger partial charge is 0.486 e. The summed E-state index contributed by atoms with van der Waals surface area (Å²) >= 11 is 0. The van der Waals surface area contributed by atoms with E-state index in [9.17, 15) is 14.0 Å². The molecule has 0 unspecified atom stereocenters. The molecule has 4 aromatic rings. The van der Waals surface area contributed by atoms with Crippen LogP contribution in [0.1, 0.15) is 33.7 Å². The zero-order valence-corrected chi connectivity index (χ0v) is 17.7. The van der Waals surface area contributed by atoms with Gasteiger partial charge >= 0.3 is 0 Å². The van der Waals surface area contributed by atoms with E-state index in [0.717, 1.165) is 0 Å². The van der Waals surface area contributed by atoms with Crippen molar-refractivity contribution >= 4 is 23.2 Å². The van der Waals surface area contributed by atoms with E-state index < -0.39 is 11.8 Å². The van der Waals surface area contributed by atoms with E-state index >= 15 is 0 Å². The van der Waals surface area contributed by atoms with Crippen LogP contribution in [0.25, 0.3) is 0 Å². The predicted molar refractivity (Wildman–Crippen MR) is 120 cm³/mol. The summed E-state index contributed by atoms with van der Waals surface area (Å²) in [5.41, 5.74) is 0.957. The van der Waals surface area contributed by atoms with Crippen LogP contribution >= 0.6 is 0 Å². The van der Waals surface area contributed by atoms with Crippen LogP contribution in [-0.2, 0) is 13.2 Å². The lowest BCUT2D eigenvalue weighted by molar-refractivity contribution is 0.0992. The number of hydrogen-bond acceptors (Lipinski definition) is 5. The Bertz CT molecular complexity index is 1250. The molecule has 0 saturated heterocycles. The average molecular weight is 448 g/mol. The van der Waals surface area contributed by atoms with E-state index in [1.165, 1.54) is 30.3 Å². The Morgan fingerprint density at radius 3 is 2.48 bits per heavy atom. The Morgan fingerprint density at radius 1 is 1.00 bits per heavy atom. The van der Waals surface area contributed by atoms with Crippen LogP contribution in [-0.4, -0.2) is 21.6 Å². The molecule has 4 rings (SSSR count). The number of carbonyl (C=O) groups is 2. The summed E-state index contributed by atoms with van der Waals surface area (Å²) in [5.74, 6) is -0.409. The van der Waals surface area contributed by atoms with Crippen LogP contribution in [0.15, 0.2) is 77.3 Å². The molecule has 2 aromatic heterocycles. The summed E-state index contributed by atoms with van der Waals surface area (Å²) in [6, 6.07) is 17.7. The van der Waals surface area contributed by atoms with Gasteiger partial charge in [-0.25, -0.2) is 4.39 Å². The number of furan rings is 1. The summed E-state index contributed by atoms with van der Waals surface area (Å²) in [6.07, 6.45) is 1.58. The highest BCUT2D eigenvalue weighted by atomic mass is 19.1. The predicted octanol–water partition coefficient (Wildman–Crippen LogP) is 4.72. The molecule has 0 aliphatic carbocycles. The standard InChI is InChI=1S/C24H21FN4O4/c1-2-29-14-20(22(28-29)24(31)26-17-6-4-3-5-7-17)27-23(30)21-13-12-19(33-21)15-32-18-10-8-16(25)9-11-18/h3-14H,2,15H2,1H3,(H,26,31)(H,27,30). The number of carbonyl (C=O) groups excluding carboxylic acids is 2. The Kier molecular flexibility index (Phi) is 6.49. The number of halogens is 1. The molecule has 0 bridgehead atoms. The van der Waals surface area contributed by atoms with Gasteiger partial charge in [-0.15, -0.1) is 0 Å². The monoisotopic (exact) mass is 448 g/mol. The average Bonchev–Trinajstić information content (AvgIpc) is 3.46. The van der Waals surface area contributed by atoms with Crippen molar-refractivity contribution in [2.24, 2.45) is 0 Å². The first-order valence-corrected chi connectivity index (χ1v) is 10.2. The number of nitrogens with one attached hydrogen (secondary N) is 2. The van der Waals surface area contributed by atoms with Gasteiger partial charge in [-0.1, -0.05) is 18.2 Å². The second-order valence-electron chi connectivity index (χ2n) is 7.03. The molecule has 0 spiro atoms. The zero-order chi connectivity index (χ0) is 23.2. The number of hydrogen-bond donors (Lipinski definition) is 2. The topological polar surface area (TPSA) is 98.4 Å². The molecule has 9 heteroatoms. The third-order valence-corrected chi connectivity index (χ3v) is 4.66. The quantitative estimate of drug-likeness (QED) is 0.407. The maximum absolute atomic E-state index is 13.0. The molecule has 2 aromatic carbocycles.